The number of nitrogens with zero attached hydrogens (tertiary/aromatic N) is 4. The number of rotatable bonds is 5. The van der Waals surface area contributed by atoms with Crippen LogP contribution >= 0.6 is 0 Å². The topological polar surface area (TPSA) is 75.1 Å². The molecule has 3 rings (SSSR count). The molecule has 7 nitrogen and oxygen atoms in total. The molecular formula is C16H28N6O. The van der Waals surface area contributed by atoms with Crippen LogP contribution in [0.5, 0.6) is 0 Å². The quantitative estimate of drug-likeness (QED) is 0.836. The van der Waals surface area contributed by atoms with Crippen LogP contribution in [0, 0.1) is 6.92 Å². The number of likely N-dealkylation sites (N-methyl/N-ethyl adjacent to an activating group) is 1. The van der Waals surface area contributed by atoms with E-state index in [1.54, 1.807) is 0 Å². The summed E-state index contributed by atoms with van der Waals surface area (Å²) in [6, 6.07) is 0.819. The van der Waals surface area contributed by atoms with E-state index < -0.39 is 0 Å². The summed E-state index contributed by atoms with van der Waals surface area (Å²) >= 11 is 0. The van der Waals surface area contributed by atoms with E-state index in [-0.39, 0.29) is 5.91 Å². The minimum Gasteiger partial charge on any atom is -0.349 e. The van der Waals surface area contributed by atoms with Gasteiger partial charge in [0.15, 0.2) is 5.69 Å². The predicted molar refractivity (Wildman–Crippen MR) is 88.5 cm³/mol. The first-order valence-corrected chi connectivity index (χ1v) is 8.85. The highest BCUT2D eigenvalue weighted by atomic mass is 16.2. The Labute approximate surface area is 137 Å². The summed E-state index contributed by atoms with van der Waals surface area (Å²) in [4.78, 5) is 14.9. The maximum atomic E-state index is 12.5. The van der Waals surface area contributed by atoms with Gasteiger partial charge in [0.2, 0.25) is 0 Å². The van der Waals surface area contributed by atoms with Crippen molar-refractivity contribution in [3.05, 3.63) is 11.4 Å². The molecule has 128 valence electrons. The van der Waals surface area contributed by atoms with E-state index in [2.05, 4.69) is 32.8 Å². The Morgan fingerprint density at radius 3 is 2.87 bits per heavy atom. The van der Waals surface area contributed by atoms with Gasteiger partial charge in [0, 0.05) is 12.6 Å². The van der Waals surface area contributed by atoms with Crippen molar-refractivity contribution in [3.63, 3.8) is 0 Å². The van der Waals surface area contributed by atoms with E-state index in [4.69, 9.17) is 0 Å². The third-order valence-corrected chi connectivity index (χ3v) is 5.20. The van der Waals surface area contributed by atoms with E-state index in [1.165, 1.54) is 6.42 Å². The fourth-order valence-corrected chi connectivity index (χ4v) is 3.79. The van der Waals surface area contributed by atoms with Gasteiger partial charge in [-0.05, 0) is 58.8 Å². The maximum absolute atomic E-state index is 12.5. The molecule has 0 aliphatic carbocycles. The molecule has 1 amide bonds. The fraction of sp³-hybridized carbons (Fsp3) is 0.812. The molecule has 1 atom stereocenters. The number of hydrogen-bond donors (Lipinski definition) is 2. The SMILES string of the molecule is CCN1CCC[C@@H]1CNC(=O)c1nnn(C2CCNCC2)c1C. The Kier molecular flexibility index (Phi) is 5.27. The summed E-state index contributed by atoms with van der Waals surface area (Å²) in [6.45, 7) is 9.01. The maximum Gasteiger partial charge on any atom is 0.273 e. The zero-order valence-electron chi connectivity index (χ0n) is 14.2. The Bertz CT molecular complexity index is 537. The molecule has 0 saturated carbocycles. The number of nitrogens with one attached hydrogen (secondary N) is 2. The number of likely N-dealkylation sites (tertiary alicyclic amines) is 1. The minimum absolute atomic E-state index is 0.0920. The van der Waals surface area contributed by atoms with Crippen LogP contribution < -0.4 is 10.6 Å². The van der Waals surface area contributed by atoms with Gasteiger partial charge in [0.25, 0.3) is 5.91 Å². The summed E-state index contributed by atoms with van der Waals surface area (Å²) in [5, 5.41) is 14.8. The van der Waals surface area contributed by atoms with Crippen molar-refractivity contribution >= 4 is 5.91 Å². The molecule has 2 fully saturated rings. The lowest BCUT2D eigenvalue weighted by Gasteiger charge is -2.23. The number of piperidine rings is 1. The second-order valence-corrected chi connectivity index (χ2v) is 6.58. The Morgan fingerprint density at radius 1 is 1.35 bits per heavy atom. The highest BCUT2D eigenvalue weighted by molar-refractivity contribution is 5.93. The molecule has 23 heavy (non-hydrogen) atoms. The van der Waals surface area contributed by atoms with Crippen LogP contribution in [0.2, 0.25) is 0 Å². The normalized spacial score (nSPS) is 23.3. The summed E-state index contributed by atoms with van der Waals surface area (Å²) < 4.78 is 1.93. The van der Waals surface area contributed by atoms with Crippen molar-refractivity contribution in [3.8, 4) is 0 Å². The molecule has 1 aromatic heterocycles. The highest BCUT2D eigenvalue weighted by Crippen LogP contribution is 2.20. The molecule has 3 heterocycles. The zero-order chi connectivity index (χ0) is 16.2. The van der Waals surface area contributed by atoms with Gasteiger partial charge in [0.1, 0.15) is 0 Å². The first-order valence-electron chi connectivity index (χ1n) is 8.85. The van der Waals surface area contributed by atoms with Crippen molar-refractivity contribution in [1.29, 1.82) is 0 Å². The van der Waals surface area contributed by atoms with E-state index in [9.17, 15) is 4.79 Å². The molecule has 2 N–H and O–H groups in total. The van der Waals surface area contributed by atoms with Crippen molar-refractivity contribution < 1.29 is 4.79 Å². The summed E-state index contributed by atoms with van der Waals surface area (Å²) in [5.74, 6) is -0.0920. The molecule has 2 saturated heterocycles. The van der Waals surface area contributed by atoms with Gasteiger partial charge in [-0.1, -0.05) is 12.1 Å². The van der Waals surface area contributed by atoms with Crippen LogP contribution in [0.3, 0.4) is 0 Å². The first kappa shape index (κ1) is 16.4. The molecule has 7 heteroatoms. The second kappa shape index (κ2) is 7.40. The van der Waals surface area contributed by atoms with Crippen LogP contribution in [0.1, 0.15) is 54.8 Å². The van der Waals surface area contributed by atoms with Gasteiger partial charge in [-0.25, -0.2) is 4.68 Å². The van der Waals surface area contributed by atoms with Crippen LogP contribution in [-0.2, 0) is 0 Å². The average Bonchev–Trinajstić information content (AvgIpc) is 3.19. The number of amides is 1. The van der Waals surface area contributed by atoms with Crippen molar-refractivity contribution in [2.75, 3.05) is 32.7 Å². The third-order valence-electron chi connectivity index (χ3n) is 5.20. The largest absolute Gasteiger partial charge is 0.349 e. The van der Waals surface area contributed by atoms with Crippen LogP contribution in [0.15, 0.2) is 0 Å². The van der Waals surface area contributed by atoms with Gasteiger partial charge < -0.3 is 10.6 Å². The molecule has 0 unspecified atom stereocenters. The van der Waals surface area contributed by atoms with Crippen LogP contribution in [0.25, 0.3) is 0 Å². The third kappa shape index (κ3) is 3.55. The smallest absolute Gasteiger partial charge is 0.273 e. The molecule has 0 aromatic carbocycles. The van der Waals surface area contributed by atoms with Crippen LogP contribution in [-0.4, -0.2) is 64.6 Å². The average molecular weight is 320 g/mol. The van der Waals surface area contributed by atoms with E-state index in [1.807, 2.05) is 11.6 Å². The zero-order valence-corrected chi connectivity index (χ0v) is 14.2. The van der Waals surface area contributed by atoms with Gasteiger partial charge >= 0.3 is 0 Å². The Morgan fingerprint density at radius 2 is 2.13 bits per heavy atom. The molecule has 0 spiro atoms. The van der Waals surface area contributed by atoms with E-state index in [0.29, 0.717) is 24.3 Å². The molecule has 2 aliphatic heterocycles. The molecular weight excluding hydrogens is 292 g/mol. The van der Waals surface area contributed by atoms with Crippen LogP contribution in [0.4, 0.5) is 0 Å². The van der Waals surface area contributed by atoms with Gasteiger partial charge in [-0.15, -0.1) is 5.10 Å². The fourth-order valence-electron chi connectivity index (χ4n) is 3.79. The molecule has 0 radical (unpaired) electrons. The second-order valence-electron chi connectivity index (χ2n) is 6.58. The van der Waals surface area contributed by atoms with Crippen molar-refractivity contribution in [1.82, 2.24) is 30.5 Å². The molecule has 0 bridgehead atoms. The van der Waals surface area contributed by atoms with Gasteiger partial charge in [-0.3, -0.25) is 9.69 Å². The van der Waals surface area contributed by atoms with Gasteiger partial charge in [-0.2, -0.15) is 0 Å². The number of hydrogen-bond acceptors (Lipinski definition) is 5. The highest BCUT2D eigenvalue weighted by Gasteiger charge is 2.26. The lowest BCUT2D eigenvalue weighted by molar-refractivity contribution is 0.0935. The lowest BCUT2D eigenvalue weighted by Crippen LogP contribution is -2.40. The monoisotopic (exact) mass is 320 g/mol. The molecule has 1 aromatic rings. The summed E-state index contributed by atoms with van der Waals surface area (Å²) in [5.41, 5.74) is 1.36. The summed E-state index contributed by atoms with van der Waals surface area (Å²) in [6.07, 6.45) is 4.46. The Hall–Kier alpha value is -1.47. The van der Waals surface area contributed by atoms with E-state index >= 15 is 0 Å². The van der Waals surface area contributed by atoms with E-state index in [0.717, 1.165) is 51.1 Å². The Balaban J connectivity index is 1.60. The minimum atomic E-state index is -0.0920. The predicted octanol–water partition coefficient (Wildman–Crippen LogP) is 0.725. The first-order chi connectivity index (χ1) is 11.2. The van der Waals surface area contributed by atoms with Crippen molar-refractivity contribution in [2.45, 2.75) is 51.6 Å². The number of carbonyl (C=O) groups is 1. The van der Waals surface area contributed by atoms with Gasteiger partial charge in [0.05, 0.1) is 11.7 Å². The lowest BCUT2D eigenvalue weighted by atomic mass is 10.1. The number of carbonyl (C=O) groups excluding carboxylic acids is 1. The summed E-state index contributed by atoms with van der Waals surface area (Å²) in [7, 11) is 0. The molecule has 2 aliphatic rings. The van der Waals surface area contributed by atoms with Crippen molar-refractivity contribution in [2.24, 2.45) is 0 Å². The standard InChI is InChI=1S/C16H28N6O/c1-3-21-10-4-5-14(21)11-18-16(23)15-12(2)22(20-19-15)13-6-8-17-9-7-13/h13-14,17H,3-11H2,1-2H3,(H,18,23)/t14-/m1/s1. The number of aromatic nitrogens is 3.